The monoisotopic (exact) mass is 263 g/mol. The van der Waals surface area contributed by atoms with Gasteiger partial charge in [0.2, 0.25) is 0 Å². The Labute approximate surface area is 88.6 Å². The molecule has 13 heavy (non-hydrogen) atoms. The molecule has 0 atom stereocenters. The Hall–Kier alpha value is -0.750. The lowest BCUT2D eigenvalue weighted by atomic mass is 10.3. The van der Waals surface area contributed by atoms with Crippen molar-refractivity contribution in [2.24, 2.45) is 0 Å². The van der Waals surface area contributed by atoms with Crippen LogP contribution in [0.25, 0.3) is 0 Å². The largest absolute Gasteiger partial charge is 0.496 e. The van der Waals surface area contributed by atoms with Crippen molar-refractivity contribution < 1.29 is 9.66 Å². The van der Waals surface area contributed by atoms with E-state index in [4.69, 9.17) is 4.74 Å². The molecular formula is C7H6BrNO3S. The fourth-order valence-corrected chi connectivity index (χ4v) is 1.59. The Morgan fingerprint density at radius 1 is 1.62 bits per heavy atom. The fourth-order valence-electron chi connectivity index (χ4n) is 0.835. The van der Waals surface area contributed by atoms with Crippen LogP contribution in [0, 0.1) is 10.1 Å². The predicted octanol–water partition coefficient (Wildman–Crippen LogP) is 2.65. The lowest BCUT2D eigenvalue weighted by molar-refractivity contribution is -0.387. The van der Waals surface area contributed by atoms with E-state index in [1.807, 2.05) is 0 Å². The fraction of sp³-hybridized carbons (Fsp3) is 0.143. The standard InChI is InChI=1S/C7H6BrNO3S/c1-12-6-3-7(13)5(9(10)11)2-4(6)8/h2-3,13H,1H3. The molecule has 1 rings (SSSR count). The first-order chi connectivity index (χ1) is 6.06. The van der Waals surface area contributed by atoms with Gasteiger partial charge < -0.3 is 4.74 Å². The molecule has 0 fully saturated rings. The Morgan fingerprint density at radius 3 is 2.69 bits per heavy atom. The summed E-state index contributed by atoms with van der Waals surface area (Å²) < 4.78 is 5.48. The van der Waals surface area contributed by atoms with E-state index in [9.17, 15) is 10.1 Å². The third kappa shape index (κ3) is 2.13. The summed E-state index contributed by atoms with van der Waals surface area (Å²) in [5.41, 5.74) is -0.0454. The second-order valence-electron chi connectivity index (χ2n) is 2.23. The molecule has 70 valence electrons. The van der Waals surface area contributed by atoms with Crippen LogP contribution in [0.1, 0.15) is 0 Å². The van der Waals surface area contributed by atoms with Gasteiger partial charge in [0.15, 0.2) is 0 Å². The first-order valence-electron chi connectivity index (χ1n) is 3.27. The molecule has 0 saturated carbocycles. The minimum absolute atomic E-state index is 0.0454. The van der Waals surface area contributed by atoms with E-state index in [-0.39, 0.29) is 10.6 Å². The molecule has 0 saturated heterocycles. The zero-order valence-corrected chi connectivity index (χ0v) is 9.13. The van der Waals surface area contributed by atoms with Gasteiger partial charge in [-0.15, -0.1) is 12.6 Å². The van der Waals surface area contributed by atoms with Crippen molar-refractivity contribution in [3.05, 3.63) is 26.7 Å². The van der Waals surface area contributed by atoms with Gasteiger partial charge in [0.25, 0.3) is 5.69 Å². The molecule has 0 amide bonds. The number of rotatable bonds is 2. The predicted molar refractivity (Wildman–Crippen MR) is 54.6 cm³/mol. The molecule has 0 aromatic heterocycles. The summed E-state index contributed by atoms with van der Waals surface area (Å²) in [6, 6.07) is 2.85. The maximum absolute atomic E-state index is 10.5. The number of hydrogen-bond donors (Lipinski definition) is 1. The summed E-state index contributed by atoms with van der Waals surface area (Å²) >= 11 is 7.11. The second-order valence-corrected chi connectivity index (χ2v) is 3.57. The topological polar surface area (TPSA) is 52.4 Å². The van der Waals surface area contributed by atoms with E-state index in [2.05, 4.69) is 28.6 Å². The molecule has 4 nitrogen and oxygen atoms in total. The van der Waals surface area contributed by atoms with Crippen LogP contribution in [-0.2, 0) is 0 Å². The maximum atomic E-state index is 10.5. The molecule has 0 aliphatic heterocycles. The van der Waals surface area contributed by atoms with Crippen molar-refractivity contribution >= 4 is 34.2 Å². The molecule has 1 aromatic carbocycles. The van der Waals surface area contributed by atoms with Crippen molar-refractivity contribution in [2.75, 3.05) is 7.11 Å². The second kappa shape index (κ2) is 3.97. The van der Waals surface area contributed by atoms with E-state index < -0.39 is 4.92 Å². The zero-order valence-electron chi connectivity index (χ0n) is 6.65. The maximum Gasteiger partial charge on any atom is 0.284 e. The molecule has 0 spiro atoms. The van der Waals surface area contributed by atoms with Crippen molar-refractivity contribution in [1.29, 1.82) is 0 Å². The van der Waals surface area contributed by atoms with Crippen LogP contribution in [-0.4, -0.2) is 12.0 Å². The number of nitro groups is 1. The quantitative estimate of drug-likeness (QED) is 0.507. The summed E-state index contributed by atoms with van der Waals surface area (Å²) in [6.07, 6.45) is 0. The van der Waals surface area contributed by atoms with Crippen LogP contribution >= 0.6 is 28.6 Å². The first-order valence-corrected chi connectivity index (χ1v) is 4.51. The number of ether oxygens (including phenoxy) is 1. The zero-order chi connectivity index (χ0) is 10.0. The highest BCUT2D eigenvalue weighted by atomic mass is 79.9. The SMILES string of the molecule is COc1cc(S)c([N+](=O)[O-])cc1Br. The highest BCUT2D eigenvalue weighted by Gasteiger charge is 2.14. The summed E-state index contributed by atoms with van der Waals surface area (Å²) in [4.78, 5) is 10.3. The molecule has 6 heteroatoms. The highest BCUT2D eigenvalue weighted by molar-refractivity contribution is 9.10. The average Bonchev–Trinajstić information content (AvgIpc) is 2.07. The minimum Gasteiger partial charge on any atom is -0.496 e. The van der Waals surface area contributed by atoms with Crippen molar-refractivity contribution in [1.82, 2.24) is 0 Å². The lowest BCUT2D eigenvalue weighted by Gasteiger charge is -2.03. The van der Waals surface area contributed by atoms with E-state index >= 15 is 0 Å². The number of halogens is 1. The summed E-state index contributed by atoms with van der Waals surface area (Å²) in [5, 5.41) is 10.5. The third-order valence-electron chi connectivity index (χ3n) is 1.45. The minimum atomic E-state index is -0.494. The van der Waals surface area contributed by atoms with Crippen LogP contribution in [0.4, 0.5) is 5.69 Å². The average molecular weight is 264 g/mol. The number of thiol groups is 1. The number of hydrogen-bond acceptors (Lipinski definition) is 4. The first kappa shape index (κ1) is 10.3. The summed E-state index contributed by atoms with van der Waals surface area (Å²) in [5.74, 6) is 0.524. The molecule has 1 aromatic rings. The number of benzene rings is 1. The van der Waals surface area contributed by atoms with Gasteiger partial charge in [-0.05, 0) is 15.9 Å². The molecule has 0 unspecified atom stereocenters. The van der Waals surface area contributed by atoms with Crippen LogP contribution in [0.3, 0.4) is 0 Å². The van der Waals surface area contributed by atoms with E-state index in [1.165, 1.54) is 19.2 Å². The smallest absolute Gasteiger partial charge is 0.284 e. The molecule has 0 bridgehead atoms. The highest BCUT2D eigenvalue weighted by Crippen LogP contribution is 2.34. The van der Waals surface area contributed by atoms with E-state index in [1.54, 1.807) is 0 Å². The van der Waals surface area contributed by atoms with Crippen LogP contribution in [0.15, 0.2) is 21.5 Å². The van der Waals surface area contributed by atoms with Gasteiger partial charge in [0.05, 0.1) is 21.4 Å². The van der Waals surface area contributed by atoms with Crippen molar-refractivity contribution in [3.63, 3.8) is 0 Å². The third-order valence-corrected chi connectivity index (χ3v) is 2.42. The Balaban J connectivity index is 3.28. The van der Waals surface area contributed by atoms with Gasteiger partial charge in [-0.3, -0.25) is 10.1 Å². The van der Waals surface area contributed by atoms with E-state index in [0.29, 0.717) is 10.2 Å². The molecule has 0 aliphatic carbocycles. The molecule has 0 aliphatic rings. The molecule has 0 heterocycles. The van der Waals surface area contributed by atoms with Crippen molar-refractivity contribution in [2.45, 2.75) is 4.90 Å². The Kier molecular flexibility index (Phi) is 3.16. The van der Waals surface area contributed by atoms with E-state index in [0.717, 1.165) is 0 Å². The summed E-state index contributed by atoms with van der Waals surface area (Å²) in [6.45, 7) is 0. The van der Waals surface area contributed by atoms with Gasteiger partial charge in [-0.2, -0.15) is 0 Å². The van der Waals surface area contributed by atoms with Crippen LogP contribution < -0.4 is 4.74 Å². The van der Waals surface area contributed by atoms with Crippen LogP contribution in [0.2, 0.25) is 0 Å². The normalized spacial score (nSPS) is 9.77. The van der Waals surface area contributed by atoms with Gasteiger partial charge in [0, 0.05) is 12.1 Å². The van der Waals surface area contributed by atoms with Crippen molar-refractivity contribution in [3.8, 4) is 5.75 Å². The molecule has 0 radical (unpaired) electrons. The van der Waals surface area contributed by atoms with Gasteiger partial charge in [0.1, 0.15) is 5.75 Å². The van der Waals surface area contributed by atoms with Crippen LogP contribution in [0.5, 0.6) is 5.75 Å². The summed E-state index contributed by atoms with van der Waals surface area (Å²) in [7, 11) is 1.49. The Bertz CT molecular complexity index is 356. The number of nitrogens with zero attached hydrogens (tertiary/aromatic N) is 1. The number of nitro benzene ring substituents is 1. The lowest BCUT2D eigenvalue weighted by Crippen LogP contribution is -1.92. The number of methoxy groups -OCH3 is 1. The molecule has 0 N–H and O–H groups in total. The van der Waals surface area contributed by atoms with Gasteiger partial charge in [-0.25, -0.2) is 0 Å². The molecular weight excluding hydrogens is 258 g/mol. The van der Waals surface area contributed by atoms with Gasteiger partial charge >= 0.3 is 0 Å². The Morgan fingerprint density at radius 2 is 2.23 bits per heavy atom. The van der Waals surface area contributed by atoms with Gasteiger partial charge in [-0.1, -0.05) is 0 Å².